The molecule has 3 aromatic carbocycles. The first-order valence-electron chi connectivity index (χ1n) is 10.5. The number of benzene rings is 3. The Hall–Kier alpha value is -3.27. The smallest absolute Gasteiger partial charge is 0.223 e. The predicted octanol–water partition coefficient (Wildman–Crippen LogP) is 5.03. The zero-order valence-corrected chi connectivity index (χ0v) is 17.3. The molecular formula is C26H27NO3. The molecule has 0 atom stereocenters. The summed E-state index contributed by atoms with van der Waals surface area (Å²) in [6.45, 7) is 4.26. The second-order valence-electron chi connectivity index (χ2n) is 7.43. The highest BCUT2D eigenvalue weighted by Crippen LogP contribution is 2.35. The van der Waals surface area contributed by atoms with Crippen LogP contribution in [0.15, 0.2) is 78.9 Å². The summed E-state index contributed by atoms with van der Waals surface area (Å²) >= 11 is 0. The molecule has 1 heterocycles. The van der Waals surface area contributed by atoms with Gasteiger partial charge in [-0.3, -0.25) is 4.79 Å². The third-order valence-corrected chi connectivity index (χ3v) is 5.53. The third kappa shape index (κ3) is 4.48. The fourth-order valence-electron chi connectivity index (χ4n) is 3.94. The van der Waals surface area contributed by atoms with Crippen LogP contribution in [0.3, 0.4) is 0 Å². The van der Waals surface area contributed by atoms with Crippen LogP contribution in [0.25, 0.3) is 0 Å². The van der Waals surface area contributed by atoms with Gasteiger partial charge in [0.15, 0.2) is 11.5 Å². The number of rotatable bonds is 7. The molecule has 0 N–H and O–H groups in total. The minimum absolute atomic E-state index is 0.0261. The number of amides is 1. The largest absolute Gasteiger partial charge is 0.486 e. The molecule has 0 radical (unpaired) electrons. The van der Waals surface area contributed by atoms with Crippen LogP contribution in [0, 0.1) is 0 Å². The molecule has 0 unspecified atom stereocenters. The van der Waals surface area contributed by atoms with E-state index in [2.05, 4.69) is 24.3 Å². The number of carbonyl (C=O) groups is 1. The van der Waals surface area contributed by atoms with Crippen LogP contribution < -0.4 is 9.47 Å². The first-order valence-corrected chi connectivity index (χ1v) is 10.5. The van der Waals surface area contributed by atoms with Crippen LogP contribution in [-0.2, 0) is 11.3 Å². The fourth-order valence-corrected chi connectivity index (χ4v) is 3.94. The van der Waals surface area contributed by atoms with Crippen molar-refractivity contribution in [2.45, 2.75) is 25.8 Å². The van der Waals surface area contributed by atoms with Crippen molar-refractivity contribution in [3.8, 4) is 11.5 Å². The Bertz CT molecular complexity index is 933. The molecule has 4 heteroatoms. The van der Waals surface area contributed by atoms with Gasteiger partial charge >= 0.3 is 0 Å². The lowest BCUT2D eigenvalue weighted by Crippen LogP contribution is -2.32. The normalized spacial score (nSPS) is 12.6. The van der Waals surface area contributed by atoms with Gasteiger partial charge in [-0.15, -0.1) is 0 Å². The maximum absolute atomic E-state index is 13.4. The van der Waals surface area contributed by atoms with E-state index in [4.69, 9.17) is 9.47 Å². The zero-order valence-electron chi connectivity index (χ0n) is 17.3. The highest BCUT2D eigenvalue weighted by Gasteiger charge is 2.23. The van der Waals surface area contributed by atoms with Crippen molar-refractivity contribution in [2.75, 3.05) is 19.8 Å². The van der Waals surface area contributed by atoms with Gasteiger partial charge in [-0.05, 0) is 24.1 Å². The van der Waals surface area contributed by atoms with Crippen molar-refractivity contribution in [2.24, 2.45) is 0 Å². The average Bonchev–Trinajstić information content (AvgIpc) is 2.82. The molecule has 0 saturated carbocycles. The molecule has 4 rings (SSSR count). The molecule has 0 aromatic heterocycles. The van der Waals surface area contributed by atoms with Crippen molar-refractivity contribution in [1.82, 2.24) is 4.90 Å². The lowest BCUT2D eigenvalue weighted by Gasteiger charge is -2.27. The van der Waals surface area contributed by atoms with E-state index in [1.54, 1.807) is 0 Å². The molecule has 1 aliphatic heterocycles. The van der Waals surface area contributed by atoms with Gasteiger partial charge in [0, 0.05) is 31.0 Å². The molecule has 1 amide bonds. The minimum Gasteiger partial charge on any atom is -0.486 e. The summed E-state index contributed by atoms with van der Waals surface area (Å²) < 4.78 is 11.5. The van der Waals surface area contributed by atoms with Crippen molar-refractivity contribution in [3.05, 3.63) is 95.6 Å². The van der Waals surface area contributed by atoms with Crippen molar-refractivity contribution >= 4 is 5.91 Å². The molecule has 0 fully saturated rings. The van der Waals surface area contributed by atoms with Crippen molar-refractivity contribution in [3.63, 3.8) is 0 Å². The van der Waals surface area contributed by atoms with Crippen LogP contribution in [0.4, 0.5) is 0 Å². The molecular weight excluding hydrogens is 374 g/mol. The maximum Gasteiger partial charge on any atom is 0.223 e. The summed E-state index contributed by atoms with van der Waals surface area (Å²) in [4.78, 5) is 15.3. The number of hydrogen-bond donors (Lipinski definition) is 0. The molecule has 3 aromatic rings. The van der Waals surface area contributed by atoms with Gasteiger partial charge < -0.3 is 14.4 Å². The van der Waals surface area contributed by atoms with Crippen LogP contribution in [0.1, 0.15) is 36.0 Å². The van der Waals surface area contributed by atoms with E-state index in [9.17, 15) is 4.79 Å². The lowest BCUT2D eigenvalue weighted by molar-refractivity contribution is -0.131. The number of ether oxygens (including phenoxy) is 2. The van der Waals surface area contributed by atoms with E-state index >= 15 is 0 Å². The van der Waals surface area contributed by atoms with E-state index in [1.165, 1.54) is 0 Å². The Morgan fingerprint density at radius 1 is 0.867 bits per heavy atom. The van der Waals surface area contributed by atoms with Crippen molar-refractivity contribution in [1.29, 1.82) is 0 Å². The summed E-state index contributed by atoms with van der Waals surface area (Å²) in [6.07, 6.45) is 0.425. The first kappa shape index (κ1) is 20.0. The number of fused-ring (bicyclic) bond motifs is 1. The van der Waals surface area contributed by atoms with E-state index in [0.717, 1.165) is 28.2 Å². The maximum atomic E-state index is 13.4. The monoisotopic (exact) mass is 401 g/mol. The third-order valence-electron chi connectivity index (χ3n) is 5.53. The second-order valence-corrected chi connectivity index (χ2v) is 7.43. The molecule has 30 heavy (non-hydrogen) atoms. The number of para-hydroxylation sites is 1. The molecule has 0 saturated heterocycles. The fraction of sp³-hybridized carbons (Fsp3) is 0.269. The van der Waals surface area contributed by atoms with Gasteiger partial charge in [-0.1, -0.05) is 72.8 Å². The van der Waals surface area contributed by atoms with Gasteiger partial charge in [-0.25, -0.2) is 0 Å². The Kier molecular flexibility index (Phi) is 6.33. The van der Waals surface area contributed by atoms with E-state index < -0.39 is 0 Å². The highest BCUT2D eigenvalue weighted by atomic mass is 16.6. The molecule has 0 aliphatic carbocycles. The first-order chi connectivity index (χ1) is 14.8. The van der Waals surface area contributed by atoms with Gasteiger partial charge in [-0.2, -0.15) is 0 Å². The molecule has 154 valence electrons. The van der Waals surface area contributed by atoms with Crippen molar-refractivity contribution < 1.29 is 14.3 Å². The number of carbonyl (C=O) groups excluding carboxylic acids is 1. The summed E-state index contributed by atoms with van der Waals surface area (Å²) in [5.41, 5.74) is 3.29. The summed E-state index contributed by atoms with van der Waals surface area (Å²) in [6, 6.07) is 26.4. The summed E-state index contributed by atoms with van der Waals surface area (Å²) in [5, 5.41) is 0. The number of nitrogens with zero attached hydrogens (tertiary/aromatic N) is 1. The van der Waals surface area contributed by atoms with Gasteiger partial charge in [0.25, 0.3) is 0 Å². The van der Waals surface area contributed by atoms with Crippen LogP contribution >= 0.6 is 0 Å². The quantitative estimate of drug-likeness (QED) is 0.557. The highest BCUT2D eigenvalue weighted by molar-refractivity contribution is 5.78. The summed E-state index contributed by atoms with van der Waals surface area (Å²) in [7, 11) is 0. The average molecular weight is 402 g/mol. The summed E-state index contributed by atoms with van der Waals surface area (Å²) in [5.74, 6) is 1.68. The molecule has 0 spiro atoms. The predicted molar refractivity (Wildman–Crippen MR) is 118 cm³/mol. The Labute approximate surface area is 178 Å². The Balaban J connectivity index is 1.56. The van der Waals surface area contributed by atoms with Gasteiger partial charge in [0.2, 0.25) is 5.91 Å². The van der Waals surface area contributed by atoms with E-state index in [0.29, 0.717) is 32.7 Å². The van der Waals surface area contributed by atoms with E-state index in [1.807, 2.05) is 66.4 Å². The van der Waals surface area contributed by atoms with Crippen LogP contribution in [-0.4, -0.2) is 30.6 Å². The van der Waals surface area contributed by atoms with Gasteiger partial charge in [0.1, 0.15) is 13.2 Å². The van der Waals surface area contributed by atoms with Gasteiger partial charge in [0.05, 0.1) is 0 Å². The SMILES string of the molecule is CCN(Cc1cccc2c1OCCO2)C(=O)CC(c1ccccc1)c1ccccc1. The standard InChI is InChI=1S/C26H27NO3/c1-2-27(19-22-14-9-15-24-26(22)30-17-16-29-24)25(28)18-23(20-10-5-3-6-11-20)21-12-7-4-8-13-21/h3-15,23H,2,16-19H2,1H3. The molecule has 0 bridgehead atoms. The molecule has 1 aliphatic rings. The Morgan fingerprint density at radius 3 is 2.13 bits per heavy atom. The molecule has 4 nitrogen and oxygen atoms in total. The minimum atomic E-state index is 0.0261. The lowest BCUT2D eigenvalue weighted by atomic mass is 9.88. The second kappa shape index (κ2) is 9.49. The van der Waals surface area contributed by atoms with Crippen LogP contribution in [0.2, 0.25) is 0 Å². The topological polar surface area (TPSA) is 38.8 Å². The Morgan fingerprint density at radius 2 is 1.50 bits per heavy atom. The zero-order chi connectivity index (χ0) is 20.8. The number of hydrogen-bond acceptors (Lipinski definition) is 3. The van der Waals surface area contributed by atoms with Crippen LogP contribution in [0.5, 0.6) is 11.5 Å². The van der Waals surface area contributed by atoms with E-state index in [-0.39, 0.29) is 11.8 Å².